The molecule has 1 aromatic rings. The molecule has 3 N–H and O–H groups in total. The van der Waals surface area contributed by atoms with Gasteiger partial charge in [0.25, 0.3) is 0 Å². The summed E-state index contributed by atoms with van der Waals surface area (Å²) in [5, 5.41) is 19.9. The fourth-order valence-electron chi connectivity index (χ4n) is 1.47. The SMILES string of the molecule is O=C1Cc2ccc(B(O)O)c(F)c2N1. The van der Waals surface area contributed by atoms with Crippen molar-refractivity contribution < 1.29 is 19.2 Å². The van der Waals surface area contributed by atoms with Crippen molar-refractivity contribution in [2.45, 2.75) is 6.42 Å². The van der Waals surface area contributed by atoms with E-state index in [1.807, 2.05) is 0 Å². The Balaban J connectivity index is 2.53. The van der Waals surface area contributed by atoms with Crippen LogP contribution in [0.25, 0.3) is 0 Å². The van der Waals surface area contributed by atoms with Crippen molar-refractivity contribution in [2.75, 3.05) is 5.32 Å². The summed E-state index contributed by atoms with van der Waals surface area (Å²) in [4.78, 5) is 10.9. The highest BCUT2D eigenvalue weighted by Gasteiger charge is 2.26. The molecule has 0 saturated carbocycles. The molecule has 2 rings (SSSR count). The fraction of sp³-hybridized carbons (Fsp3) is 0.125. The summed E-state index contributed by atoms with van der Waals surface area (Å²) < 4.78 is 13.5. The molecule has 1 aromatic carbocycles. The summed E-state index contributed by atoms with van der Waals surface area (Å²) in [6.45, 7) is 0. The zero-order valence-electron chi connectivity index (χ0n) is 7.12. The van der Waals surface area contributed by atoms with Gasteiger partial charge in [0.15, 0.2) is 0 Å². The lowest BCUT2D eigenvalue weighted by Crippen LogP contribution is -2.33. The Morgan fingerprint density at radius 1 is 1.43 bits per heavy atom. The molecular formula is C8H7BFNO3. The summed E-state index contributed by atoms with van der Waals surface area (Å²) in [7, 11) is -1.86. The molecule has 0 radical (unpaired) electrons. The number of fused-ring (bicyclic) bond motifs is 1. The minimum atomic E-state index is -1.86. The van der Waals surface area contributed by atoms with Gasteiger partial charge in [-0.25, -0.2) is 4.39 Å². The number of halogens is 1. The molecule has 4 nitrogen and oxygen atoms in total. The molecule has 0 saturated heterocycles. The first-order chi connectivity index (χ1) is 6.59. The predicted molar refractivity (Wildman–Crippen MR) is 48.6 cm³/mol. The van der Waals surface area contributed by atoms with Gasteiger partial charge in [-0.05, 0) is 5.56 Å². The Bertz CT molecular complexity index is 408. The van der Waals surface area contributed by atoms with E-state index in [1.54, 1.807) is 0 Å². The number of carbonyl (C=O) groups excluding carboxylic acids is 1. The van der Waals surface area contributed by atoms with Gasteiger partial charge in [-0.2, -0.15) is 0 Å². The Morgan fingerprint density at radius 2 is 2.14 bits per heavy atom. The Hall–Kier alpha value is -1.40. The Kier molecular flexibility index (Phi) is 2.01. The number of hydrogen-bond donors (Lipinski definition) is 3. The van der Waals surface area contributed by atoms with E-state index in [0.717, 1.165) is 0 Å². The summed E-state index contributed by atoms with van der Waals surface area (Å²) in [5.41, 5.74) is 0.364. The molecule has 1 aliphatic rings. The minimum absolute atomic E-state index is 0.0561. The zero-order valence-corrected chi connectivity index (χ0v) is 7.12. The molecule has 1 heterocycles. The number of hydrogen-bond acceptors (Lipinski definition) is 3. The summed E-state index contributed by atoms with van der Waals surface area (Å²) in [5.74, 6) is -1.06. The third kappa shape index (κ3) is 1.28. The first kappa shape index (κ1) is 9.17. The zero-order chi connectivity index (χ0) is 10.3. The van der Waals surface area contributed by atoms with Crippen LogP contribution in [-0.4, -0.2) is 23.1 Å². The van der Waals surface area contributed by atoms with Gasteiger partial charge in [-0.1, -0.05) is 12.1 Å². The number of rotatable bonds is 1. The van der Waals surface area contributed by atoms with Gasteiger partial charge in [-0.3, -0.25) is 4.79 Å². The monoisotopic (exact) mass is 195 g/mol. The molecule has 1 amide bonds. The lowest BCUT2D eigenvalue weighted by atomic mass is 9.79. The van der Waals surface area contributed by atoms with E-state index in [2.05, 4.69) is 5.32 Å². The van der Waals surface area contributed by atoms with Crippen LogP contribution in [0.5, 0.6) is 0 Å². The molecule has 0 atom stereocenters. The molecule has 6 heteroatoms. The topological polar surface area (TPSA) is 69.6 Å². The molecule has 14 heavy (non-hydrogen) atoms. The molecule has 0 spiro atoms. The average molecular weight is 195 g/mol. The Morgan fingerprint density at radius 3 is 2.79 bits per heavy atom. The lowest BCUT2D eigenvalue weighted by molar-refractivity contribution is -0.115. The van der Waals surface area contributed by atoms with Gasteiger partial charge in [0.2, 0.25) is 5.91 Å². The third-order valence-corrected chi connectivity index (χ3v) is 2.15. The summed E-state index contributed by atoms with van der Waals surface area (Å²) in [6.07, 6.45) is 0.133. The average Bonchev–Trinajstić information content (AvgIpc) is 2.46. The maximum Gasteiger partial charge on any atom is 0.491 e. The molecule has 0 aliphatic carbocycles. The van der Waals surface area contributed by atoms with Gasteiger partial charge in [-0.15, -0.1) is 0 Å². The largest absolute Gasteiger partial charge is 0.491 e. The van der Waals surface area contributed by atoms with E-state index in [1.165, 1.54) is 12.1 Å². The van der Waals surface area contributed by atoms with Crippen molar-refractivity contribution in [1.82, 2.24) is 0 Å². The first-order valence-electron chi connectivity index (χ1n) is 4.07. The maximum absolute atomic E-state index is 13.5. The number of benzene rings is 1. The molecule has 0 aromatic heterocycles. The number of carbonyl (C=O) groups is 1. The molecular weight excluding hydrogens is 188 g/mol. The normalized spacial score (nSPS) is 13.8. The van der Waals surface area contributed by atoms with Crippen LogP contribution in [0.3, 0.4) is 0 Å². The van der Waals surface area contributed by atoms with E-state index in [0.29, 0.717) is 5.56 Å². The van der Waals surface area contributed by atoms with E-state index in [9.17, 15) is 9.18 Å². The fourth-order valence-corrected chi connectivity index (χ4v) is 1.47. The molecule has 0 bridgehead atoms. The third-order valence-electron chi connectivity index (χ3n) is 2.15. The van der Waals surface area contributed by atoms with Crippen molar-refractivity contribution in [2.24, 2.45) is 0 Å². The highest BCUT2D eigenvalue weighted by atomic mass is 19.1. The van der Waals surface area contributed by atoms with E-state index in [-0.39, 0.29) is 23.5 Å². The Labute approximate surface area is 79.5 Å². The van der Waals surface area contributed by atoms with Crippen LogP contribution in [0.15, 0.2) is 12.1 Å². The van der Waals surface area contributed by atoms with Crippen molar-refractivity contribution in [3.05, 3.63) is 23.5 Å². The van der Waals surface area contributed by atoms with Crippen LogP contribution in [-0.2, 0) is 11.2 Å². The van der Waals surface area contributed by atoms with Crippen LogP contribution in [0.1, 0.15) is 5.56 Å². The number of amides is 1. The predicted octanol–water partition coefficient (Wildman–Crippen LogP) is -1.000. The van der Waals surface area contributed by atoms with Crippen LogP contribution < -0.4 is 10.8 Å². The summed E-state index contributed by atoms with van der Waals surface area (Å²) >= 11 is 0. The van der Waals surface area contributed by atoms with Crippen LogP contribution in [0, 0.1) is 5.82 Å². The van der Waals surface area contributed by atoms with Gasteiger partial charge >= 0.3 is 7.12 Å². The second-order valence-electron chi connectivity index (χ2n) is 3.10. The smallest absolute Gasteiger partial charge is 0.423 e. The van der Waals surface area contributed by atoms with Gasteiger partial charge < -0.3 is 15.4 Å². The van der Waals surface area contributed by atoms with Crippen molar-refractivity contribution in [1.29, 1.82) is 0 Å². The summed E-state index contributed by atoms with van der Waals surface area (Å²) in [6, 6.07) is 2.77. The molecule has 0 unspecified atom stereocenters. The van der Waals surface area contributed by atoms with E-state index >= 15 is 0 Å². The highest BCUT2D eigenvalue weighted by Crippen LogP contribution is 2.24. The number of nitrogens with one attached hydrogen (secondary N) is 1. The standard InChI is InChI=1S/C8H7BFNO3/c10-7-5(9(13)14)2-1-4-3-6(12)11-8(4)7/h1-2,13-14H,3H2,(H,11,12). The molecule has 1 aliphatic heterocycles. The van der Waals surface area contributed by atoms with Crippen LogP contribution >= 0.6 is 0 Å². The highest BCUT2D eigenvalue weighted by molar-refractivity contribution is 6.58. The lowest BCUT2D eigenvalue weighted by Gasteiger charge is -2.05. The van der Waals surface area contributed by atoms with Gasteiger partial charge in [0, 0.05) is 5.46 Å². The van der Waals surface area contributed by atoms with Gasteiger partial charge in [0.05, 0.1) is 12.1 Å². The van der Waals surface area contributed by atoms with Gasteiger partial charge in [0.1, 0.15) is 5.82 Å². The quantitative estimate of drug-likeness (QED) is 0.503. The van der Waals surface area contributed by atoms with Crippen molar-refractivity contribution in [3.8, 4) is 0 Å². The van der Waals surface area contributed by atoms with Crippen LogP contribution in [0.2, 0.25) is 0 Å². The number of anilines is 1. The second kappa shape index (κ2) is 3.07. The molecule has 0 fully saturated rings. The van der Waals surface area contributed by atoms with E-state index < -0.39 is 12.9 Å². The molecule has 72 valence electrons. The minimum Gasteiger partial charge on any atom is -0.423 e. The van der Waals surface area contributed by atoms with Crippen molar-refractivity contribution in [3.63, 3.8) is 0 Å². The van der Waals surface area contributed by atoms with E-state index in [4.69, 9.17) is 10.0 Å². The van der Waals surface area contributed by atoms with Crippen LogP contribution in [0.4, 0.5) is 10.1 Å². The maximum atomic E-state index is 13.5. The first-order valence-corrected chi connectivity index (χ1v) is 4.07. The second-order valence-corrected chi connectivity index (χ2v) is 3.10. The van der Waals surface area contributed by atoms with Crippen molar-refractivity contribution >= 4 is 24.2 Å².